The second kappa shape index (κ2) is 10.3. The van der Waals surface area contributed by atoms with Gasteiger partial charge in [-0.15, -0.1) is 11.3 Å². The fourth-order valence-corrected chi connectivity index (χ4v) is 8.45. The zero-order chi connectivity index (χ0) is 28.5. The molecule has 2 bridgehead atoms. The van der Waals surface area contributed by atoms with E-state index in [1.54, 1.807) is 29.7 Å². The van der Waals surface area contributed by atoms with Gasteiger partial charge in [0.25, 0.3) is 0 Å². The normalized spacial score (nSPS) is 25.6. The fraction of sp³-hybridized carbons (Fsp3) is 0.414. The number of nitrogens with one attached hydrogen (secondary N) is 2. The minimum Gasteiger partial charge on any atom is -0.382 e. The number of hydrogen-bond donors (Lipinski definition) is 4. The van der Waals surface area contributed by atoms with Crippen LogP contribution in [0.1, 0.15) is 66.3 Å². The molecule has 41 heavy (non-hydrogen) atoms. The molecule has 8 nitrogen and oxygen atoms in total. The molecule has 0 spiro atoms. The number of amidine groups is 1. The average molecular weight is 618 g/mol. The Morgan fingerprint density at radius 1 is 1.17 bits per heavy atom. The van der Waals surface area contributed by atoms with E-state index < -0.39 is 11.4 Å². The lowest BCUT2D eigenvalue weighted by Gasteiger charge is -2.41. The molecule has 0 aliphatic heterocycles. The van der Waals surface area contributed by atoms with Crippen LogP contribution in [0.15, 0.2) is 34.9 Å². The Hall–Kier alpha value is -2.60. The Kier molecular flexibility index (Phi) is 6.84. The first-order valence-electron chi connectivity index (χ1n) is 13.6. The second-order valence-electron chi connectivity index (χ2n) is 11.3. The quantitative estimate of drug-likeness (QED) is 0.0985. The molecule has 3 fully saturated rings. The molecule has 0 saturated heterocycles. The summed E-state index contributed by atoms with van der Waals surface area (Å²) in [7, 11) is 0. The van der Waals surface area contributed by atoms with Crippen molar-refractivity contribution in [2.75, 3.05) is 0 Å². The summed E-state index contributed by atoms with van der Waals surface area (Å²) in [6.45, 7) is 0.300. The van der Waals surface area contributed by atoms with Crippen molar-refractivity contribution in [1.82, 2.24) is 15.6 Å². The molecule has 0 amide bonds. The summed E-state index contributed by atoms with van der Waals surface area (Å²) in [5.74, 6) is 0.0637. The molecule has 3 saturated carbocycles. The minimum absolute atomic E-state index is 0.0851. The highest BCUT2D eigenvalue weighted by molar-refractivity contribution is 7.18. The van der Waals surface area contributed by atoms with E-state index >= 15 is 0 Å². The first-order chi connectivity index (χ1) is 19.8. The molecule has 214 valence electrons. The second-order valence-corrected chi connectivity index (χ2v) is 13.1. The third kappa shape index (κ3) is 4.56. The molecule has 12 heteroatoms. The molecular weight excluding hydrogens is 590 g/mol. The summed E-state index contributed by atoms with van der Waals surface area (Å²) in [4.78, 5) is 4.54. The van der Waals surface area contributed by atoms with E-state index in [0.717, 1.165) is 43.1 Å². The number of aromatic nitrogens is 2. The van der Waals surface area contributed by atoms with Crippen molar-refractivity contribution >= 4 is 50.6 Å². The van der Waals surface area contributed by atoms with E-state index in [1.807, 2.05) is 0 Å². The van der Waals surface area contributed by atoms with Gasteiger partial charge < -0.3 is 14.4 Å². The predicted molar refractivity (Wildman–Crippen MR) is 153 cm³/mol. The van der Waals surface area contributed by atoms with Gasteiger partial charge >= 0.3 is 0 Å². The van der Waals surface area contributed by atoms with Crippen LogP contribution in [0.2, 0.25) is 10.0 Å². The predicted octanol–water partition coefficient (Wildman–Crippen LogP) is 7.17. The first kappa shape index (κ1) is 27.2. The maximum atomic E-state index is 14.9. The Labute approximate surface area is 248 Å². The Morgan fingerprint density at radius 3 is 2.54 bits per heavy atom. The van der Waals surface area contributed by atoms with Crippen molar-refractivity contribution in [2.24, 2.45) is 11.8 Å². The van der Waals surface area contributed by atoms with E-state index in [0.29, 0.717) is 56.4 Å². The van der Waals surface area contributed by atoms with Gasteiger partial charge in [-0.05, 0) is 74.6 Å². The van der Waals surface area contributed by atoms with Crippen LogP contribution in [0, 0.1) is 23.1 Å². The smallest absolute Gasteiger partial charge is 0.151 e. The van der Waals surface area contributed by atoms with Gasteiger partial charge in [-0.3, -0.25) is 16.1 Å². The van der Waals surface area contributed by atoms with E-state index in [2.05, 4.69) is 10.1 Å². The Balaban J connectivity index is 1.13. The highest BCUT2D eigenvalue weighted by atomic mass is 35.5. The number of hydroxylamine groups is 1. The average Bonchev–Trinajstić information content (AvgIpc) is 3.53. The van der Waals surface area contributed by atoms with E-state index in [4.69, 9.17) is 43.1 Å². The maximum Gasteiger partial charge on any atom is 0.151 e. The summed E-state index contributed by atoms with van der Waals surface area (Å²) >= 11 is 14.3. The molecule has 0 radical (unpaired) electrons. The van der Waals surface area contributed by atoms with Crippen LogP contribution < -0.4 is 5.48 Å². The topological polar surface area (TPSA) is 124 Å². The van der Waals surface area contributed by atoms with Gasteiger partial charge in [-0.1, -0.05) is 34.4 Å². The van der Waals surface area contributed by atoms with Gasteiger partial charge in [0.2, 0.25) is 0 Å². The minimum atomic E-state index is -1.18. The number of hydrogen-bond acceptors (Lipinski definition) is 8. The van der Waals surface area contributed by atoms with Gasteiger partial charge in [0.15, 0.2) is 5.82 Å². The molecular formula is C29H27Cl2FN4O4S. The van der Waals surface area contributed by atoms with Crippen LogP contribution in [0.5, 0.6) is 0 Å². The van der Waals surface area contributed by atoms with Gasteiger partial charge in [0.1, 0.15) is 33.4 Å². The lowest BCUT2D eigenvalue weighted by molar-refractivity contribution is -0.116. The summed E-state index contributed by atoms with van der Waals surface area (Å²) in [5, 5.41) is 34.7. The van der Waals surface area contributed by atoms with Crippen LogP contribution in [0.4, 0.5) is 4.39 Å². The third-order valence-electron chi connectivity index (χ3n) is 8.82. The molecule has 4 aromatic rings. The number of nitrogens with zero attached hydrogens (tertiary/aromatic N) is 2. The molecule has 7 rings (SSSR count). The number of halogens is 3. The van der Waals surface area contributed by atoms with E-state index in [-0.39, 0.29) is 34.9 Å². The monoisotopic (exact) mass is 616 g/mol. The number of thiazole rings is 1. The first-order valence-corrected chi connectivity index (χ1v) is 15.2. The van der Waals surface area contributed by atoms with Crippen LogP contribution >= 0.6 is 34.5 Å². The number of rotatable bonds is 7. The third-order valence-corrected chi connectivity index (χ3v) is 10.6. The SMILES string of the molecule is N=C(NO)c1cc(F)c2nc([C@@]3(O)[C@@H]4CC[C@H]3C[C@@H](OCc3c(-c5c(Cl)cccc5Cl)noc3C3CC3)C4)sc2c1. The van der Waals surface area contributed by atoms with Crippen LogP contribution in [-0.2, 0) is 16.9 Å². The summed E-state index contributed by atoms with van der Waals surface area (Å²) in [6, 6.07) is 8.11. The molecule has 3 aliphatic rings. The van der Waals surface area contributed by atoms with Crippen molar-refractivity contribution < 1.29 is 24.0 Å². The number of aliphatic hydroxyl groups is 1. The Morgan fingerprint density at radius 2 is 1.88 bits per heavy atom. The van der Waals surface area contributed by atoms with Gasteiger partial charge in [-0.2, -0.15) is 0 Å². The van der Waals surface area contributed by atoms with Crippen LogP contribution in [0.25, 0.3) is 21.5 Å². The molecule has 0 unspecified atom stereocenters. The van der Waals surface area contributed by atoms with Crippen LogP contribution in [0.3, 0.4) is 0 Å². The van der Waals surface area contributed by atoms with Gasteiger partial charge in [0.05, 0.1) is 27.5 Å². The van der Waals surface area contributed by atoms with E-state index in [1.165, 1.54) is 11.3 Å². The summed E-state index contributed by atoms with van der Waals surface area (Å²) in [5.41, 5.74) is 3.06. The van der Waals surface area contributed by atoms with Gasteiger partial charge in [-0.25, -0.2) is 9.37 Å². The molecule has 2 heterocycles. The van der Waals surface area contributed by atoms with Crippen molar-refractivity contribution in [3.8, 4) is 11.3 Å². The number of fused-ring (bicyclic) bond motifs is 3. The highest BCUT2D eigenvalue weighted by Gasteiger charge is 2.56. The lowest BCUT2D eigenvalue weighted by Crippen LogP contribution is -2.44. The van der Waals surface area contributed by atoms with Crippen LogP contribution in [-0.4, -0.2) is 32.4 Å². The molecule has 2 aromatic heterocycles. The summed E-state index contributed by atoms with van der Waals surface area (Å²) in [6.07, 6.45) is 4.93. The van der Waals surface area contributed by atoms with Crippen molar-refractivity contribution in [3.05, 3.63) is 68.1 Å². The zero-order valence-corrected chi connectivity index (χ0v) is 24.1. The molecule has 2 aromatic carbocycles. The highest BCUT2D eigenvalue weighted by Crippen LogP contribution is 2.57. The van der Waals surface area contributed by atoms with E-state index in [9.17, 15) is 9.50 Å². The van der Waals surface area contributed by atoms with Gasteiger partial charge in [0, 0.05) is 22.6 Å². The number of benzene rings is 2. The lowest BCUT2D eigenvalue weighted by atomic mass is 9.73. The fourth-order valence-electron chi connectivity index (χ4n) is 6.61. The largest absolute Gasteiger partial charge is 0.382 e. The van der Waals surface area contributed by atoms with Crippen molar-refractivity contribution in [1.29, 1.82) is 5.41 Å². The molecule has 4 atom stereocenters. The molecule has 4 N–H and O–H groups in total. The molecule has 3 aliphatic carbocycles. The Bertz CT molecular complexity index is 1640. The van der Waals surface area contributed by atoms with Crippen molar-refractivity contribution in [3.63, 3.8) is 0 Å². The maximum absolute atomic E-state index is 14.9. The standard InChI is InChI=1S/C29H27Cl2FN4O4S/c30-19-2-1-3-20(31)23(19)24-18(26(40-36-24)13-4-5-13)12-39-17-10-15-6-7-16(11-17)29(15,37)28-34-25-21(32)8-14(27(33)35-38)9-22(25)41-28/h1-3,8-9,13,15-17,37-38H,4-7,10-12H2,(H2,33,35)/t15-,16+,17+,29-. The van der Waals surface area contributed by atoms with Crippen molar-refractivity contribution in [2.45, 2.75) is 62.8 Å². The number of ether oxygens (including phenoxy) is 1. The summed E-state index contributed by atoms with van der Waals surface area (Å²) < 4.78 is 27.7. The zero-order valence-electron chi connectivity index (χ0n) is 21.8.